The Kier molecular flexibility index (Phi) is 6.71. The topological polar surface area (TPSA) is 113 Å². The van der Waals surface area contributed by atoms with Crippen LogP contribution in [0.15, 0.2) is 47.4 Å². The number of hydrogen-bond donors (Lipinski definition) is 2. The van der Waals surface area contributed by atoms with Gasteiger partial charge in [-0.2, -0.15) is 0 Å². The molecule has 2 unspecified atom stereocenters. The maximum Gasteiger partial charge on any atom is 0.279 e. The lowest BCUT2D eigenvalue weighted by Gasteiger charge is -2.30. The highest BCUT2D eigenvalue weighted by Gasteiger charge is 2.42. The highest BCUT2D eigenvalue weighted by Crippen LogP contribution is 2.30. The Hall–Kier alpha value is -2.53. The third-order valence-electron chi connectivity index (χ3n) is 5.06. The van der Waals surface area contributed by atoms with E-state index in [-0.39, 0.29) is 37.0 Å². The van der Waals surface area contributed by atoms with Gasteiger partial charge >= 0.3 is 0 Å². The Morgan fingerprint density at radius 2 is 1.93 bits per heavy atom. The van der Waals surface area contributed by atoms with Gasteiger partial charge in [0.05, 0.1) is 22.7 Å². The summed E-state index contributed by atoms with van der Waals surface area (Å²) < 4.78 is 50.0. The highest BCUT2D eigenvalue weighted by molar-refractivity contribution is 7.92. The second-order valence-electron chi connectivity index (χ2n) is 7.01. The first-order valence-electron chi connectivity index (χ1n) is 9.21. The first-order chi connectivity index (χ1) is 14.2. The number of amides is 1. The van der Waals surface area contributed by atoms with Crippen molar-refractivity contribution in [3.63, 3.8) is 0 Å². The molecule has 10 heteroatoms. The van der Waals surface area contributed by atoms with E-state index in [0.29, 0.717) is 5.75 Å². The number of aryl methyl sites for hydroxylation is 1. The van der Waals surface area contributed by atoms with Gasteiger partial charge < -0.3 is 9.47 Å². The molecule has 2 N–H and O–H groups in total. The van der Waals surface area contributed by atoms with E-state index in [9.17, 15) is 17.6 Å². The summed E-state index contributed by atoms with van der Waals surface area (Å²) in [7, 11) is -3.93. The van der Waals surface area contributed by atoms with Crippen LogP contribution in [0.5, 0.6) is 5.75 Å². The molecule has 0 bridgehead atoms. The van der Waals surface area contributed by atoms with Crippen molar-refractivity contribution < 1.29 is 37.5 Å². The number of carbonyl (C=O) groups is 1. The molecule has 0 aliphatic carbocycles. The Morgan fingerprint density at radius 3 is 2.57 bits per heavy atom. The van der Waals surface area contributed by atoms with Gasteiger partial charge in [-0.05, 0) is 60.9 Å². The standard InChI is InChI=1S/C20H22FNO7S/c1-13-10-15(21)3-2-14(13)11-29-16-4-6-17(7-5-16)30(26,27)19-8-9-28-12-18(19)20(23)22(24)25/h2-7,10,18-19,24-25H,8-9,11-12H2,1H3. The molecule has 2 aromatic rings. The van der Waals surface area contributed by atoms with Gasteiger partial charge in [0.1, 0.15) is 18.2 Å². The van der Waals surface area contributed by atoms with E-state index in [1.807, 2.05) is 0 Å². The summed E-state index contributed by atoms with van der Waals surface area (Å²) >= 11 is 0. The first kappa shape index (κ1) is 22.2. The summed E-state index contributed by atoms with van der Waals surface area (Å²) in [5.41, 5.74) is 1.54. The number of hydroxylamine groups is 2. The average molecular weight is 439 g/mol. The summed E-state index contributed by atoms with van der Waals surface area (Å²) in [6.45, 7) is 1.88. The van der Waals surface area contributed by atoms with Crippen molar-refractivity contribution in [3.05, 3.63) is 59.4 Å². The fourth-order valence-corrected chi connectivity index (χ4v) is 5.25. The van der Waals surface area contributed by atoms with Crippen LogP contribution in [0.3, 0.4) is 0 Å². The third kappa shape index (κ3) is 4.78. The molecule has 2 atom stereocenters. The normalized spacial score (nSPS) is 19.3. The molecule has 1 aliphatic heterocycles. The minimum absolute atomic E-state index is 0.0139. The predicted octanol–water partition coefficient (Wildman–Crippen LogP) is 2.50. The van der Waals surface area contributed by atoms with Crippen molar-refractivity contribution in [2.45, 2.75) is 30.1 Å². The number of benzene rings is 2. The average Bonchev–Trinajstić information content (AvgIpc) is 2.73. The van der Waals surface area contributed by atoms with Gasteiger partial charge in [0.2, 0.25) is 0 Å². The van der Waals surface area contributed by atoms with Gasteiger partial charge in [-0.3, -0.25) is 15.2 Å². The molecule has 2 aromatic carbocycles. The minimum Gasteiger partial charge on any atom is -0.489 e. The Balaban J connectivity index is 1.74. The van der Waals surface area contributed by atoms with Crippen molar-refractivity contribution in [1.82, 2.24) is 5.23 Å². The van der Waals surface area contributed by atoms with Crippen LogP contribution in [0, 0.1) is 18.7 Å². The smallest absolute Gasteiger partial charge is 0.279 e. The molecule has 3 rings (SSSR count). The summed E-state index contributed by atoms with van der Waals surface area (Å²) in [5.74, 6) is -2.27. The predicted molar refractivity (Wildman–Crippen MR) is 102 cm³/mol. The maximum atomic E-state index is 13.2. The Bertz CT molecular complexity index is 1010. The van der Waals surface area contributed by atoms with E-state index in [1.165, 1.54) is 36.4 Å². The van der Waals surface area contributed by atoms with Crippen LogP contribution in [0.2, 0.25) is 0 Å². The van der Waals surface area contributed by atoms with E-state index in [4.69, 9.17) is 19.9 Å². The quantitative estimate of drug-likeness (QED) is 0.525. The zero-order valence-corrected chi connectivity index (χ0v) is 17.0. The number of rotatable bonds is 6. The van der Waals surface area contributed by atoms with Crippen LogP contribution in [0.25, 0.3) is 0 Å². The summed E-state index contributed by atoms with van der Waals surface area (Å²) in [6, 6.07) is 10.1. The van der Waals surface area contributed by atoms with Crippen LogP contribution in [-0.4, -0.2) is 48.4 Å². The molecule has 1 aliphatic rings. The van der Waals surface area contributed by atoms with Crippen molar-refractivity contribution in [2.75, 3.05) is 13.2 Å². The van der Waals surface area contributed by atoms with Crippen LogP contribution < -0.4 is 4.74 Å². The molecule has 1 fully saturated rings. The minimum atomic E-state index is -3.93. The lowest BCUT2D eigenvalue weighted by atomic mass is 10.0. The highest BCUT2D eigenvalue weighted by atomic mass is 32.2. The van der Waals surface area contributed by atoms with Gasteiger partial charge in [-0.15, -0.1) is 0 Å². The first-order valence-corrected chi connectivity index (χ1v) is 10.8. The number of halogens is 1. The van der Waals surface area contributed by atoms with Crippen LogP contribution >= 0.6 is 0 Å². The zero-order valence-electron chi connectivity index (χ0n) is 16.2. The monoisotopic (exact) mass is 439 g/mol. The van der Waals surface area contributed by atoms with Crippen LogP contribution in [0.1, 0.15) is 17.5 Å². The van der Waals surface area contributed by atoms with Gasteiger partial charge in [-0.25, -0.2) is 12.8 Å². The van der Waals surface area contributed by atoms with E-state index in [1.54, 1.807) is 13.0 Å². The van der Waals surface area contributed by atoms with E-state index in [2.05, 4.69) is 0 Å². The lowest BCUT2D eigenvalue weighted by molar-refractivity contribution is -0.289. The number of nitrogens with zero attached hydrogens (tertiary/aromatic N) is 1. The van der Waals surface area contributed by atoms with Crippen molar-refractivity contribution in [1.29, 1.82) is 0 Å². The lowest BCUT2D eigenvalue weighted by Crippen LogP contribution is -2.46. The fraction of sp³-hybridized carbons (Fsp3) is 0.350. The maximum absolute atomic E-state index is 13.2. The molecular weight excluding hydrogens is 417 g/mol. The number of sulfone groups is 1. The molecule has 0 spiro atoms. The largest absolute Gasteiger partial charge is 0.489 e. The van der Waals surface area contributed by atoms with Crippen molar-refractivity contribution >= 4 is 15.7 Å². The summed E-state index contributed by atoms with van der Waals surface area (Å²) in [5, 5.41) is 16.3. The molecule has 30 heavy (non-hydrogen) atoms. The van der Waals surface area contributed by atoms with Crippen LogP contribution in [-0.2, 0) is 26.0 Å². The summed E-state index contributed by atoms with van der Waals surface area (Å²) in [4.78, 5) is 11.9. The van der Waals surface area contributed by atoms with E-state index < -0.39 is 32.1 Å². The Morgan fingerprint density at radius 1 is 1.23 bits per heavy atom. The number of hydrogen-bond acceptors (Lipinski definition) is 7. The van der Waals surface area contributed by atoms with Crippen LogP contribution in [0.4, 0.5) is 4.39 Å². The van der Waals surface area contributed by atoms with E-state index in [0.717, 1.165) is 11.1 Å². The fourth-order valence-electron chi connectivity index (χ4n) is 3.35. The summed E-state index contributed by atoms with van der Waals surface area (Å²) in [6.07, 6.45) is 0.0503. The second kappa shape index (κ2) is 9.09. The zero-order chi connectivity index (χ0) is 21.9. The molecule has 0 aromatic heterocycles. The van der Waals surface area contributed by atoms with Gasteiger partial charge in [0, 0.05) is 6.61 Å². The molecule has 162 valence electrons. The second-order valence-corrected chi connectivity index (χ2v) is 9.18. The van der Waals surface area contributed by atoms with Gasteiger partial charge in [0.15, 0.2) is 9.84 Å². The molecule has 1 heterocycles. The molecule has 0 radical (unpaired) electrons. The number of carbonyl (C=O) groups excluding carboxylic acids is 1. The van der Waals surface area contributed by atoms with E-state index >= 15 is 0 Å². The molecule has 0 saturated carbocycles. The SMILES string of the molecule is Cc1cc(F)ccc1COc1ccc(S(=O)(=O)C2CCOCC2C(=O)N(O)O)cc1. The van der Waals surface area contributed by atoms with Gasteiger partial charge in [-0.1, -0.05) is 11.3 Å². The molecular formula is C20H22FNO7S. The molecule has 1 saturated heterocycles. The number of ether oxygens (including phenoxy) is 2. The molecule has 1 amide bonds. The Labute approximate surface area is 173 Å². The third-order valence-corrected chi connectivity index (χ3v) is 7.35. The van der Waals surface area contributed by atoms with Gasteiger partial charge in [0.25, 0.3) is 5.91 Å². The van der Waals surface area contributed by atoms with Crippen molar-refractivity contribution in [2.24, 2.45) is 5.92 Å². The molecule has 8 nitrogen and oxygen atoms in total. The van der Waals surface area contributed by atoms with Crippen molar-refractivity contribution in [3.8, 4) is 5.75 Å².